The fourth-order valence-electron chi connectivity index (χ4n) is 4.28. The molecule has 5 rings (SSSR count). The van der Waals surface area contributed by atoms with Crippen molar-refractivity contribution < 1.29 is 4.79 Å². The molecule has 1 aromatic heterocycles. The number of carbonyl (C=O) groups excluding carboxylic acids is 1. The summed E-state index contributed by atoms with van der Waals surface area (Å²) >= 11 is 1.76. The number of ketones is 1. The number of thiophene rings is 1. The molecule has 0 amide bonds. The maximum absolute atomic E-state index is 13.4. The van der Waals surface area contributed by atoms with E-state index in [1.54, 1.807) is 11.3 Å². The lowest BCUT2D eigenvalue weighted by molar-refractivity contribution is -0.116. The minimum Gasteiger partial charge on any atom is -0.372 e. The summed E-state index contributed by atoms with van der Waals surface area (Å²) in [4.78, 5) is 15.8. The van der Waals surface area contributed by atoms with E-state index in [0.717, 1.165) is 29.1 Å². The maximum atomic E-state index is 13.4. The average Bonchev–Trinajstić information content (AvgIpc) is 3.06. The third-order valence-corrected chi connectivity index (χ3v) is 6.69. The van der Waals surface area contributed by atoms with E-state index in [9.17, 15) is 4.79 Å². The fourth-order valence-corrected chi connectivity index (χ4v) is 5.21. The van der Waals surface area contributed by atoms with Crippen LogP contribution in [0.2, 0.25) is 0 Å². The molecule has 0 radical (unpaired) electrons. The zero-order valence-electron chi connectivity index (χ0n) is 15.7. The molecule has 0 saturated carbocycles. The van der Waals surface area contributed by atoms with E-state index >= 15 is 0 Å². The van der Waals surface area contributed by atoms with Crippen molar-refractivity contribution in [1.29, 1.82) is 0 Å². The van der Waals surface area contributed by atoms with Gasteiger partial charge >= 0.3 is 0 Å². The van der Waals surface area contributed by atoms with E-state index < -0.39 is 0 Å². The van der Waals surface area contributed by atoms with Crippen LogP contribution >= 0.6 is 11.3 Å². The number of rotatable bonds is 2. The van der Waals surface area contributed by atoms with Gasteiger partial charge in [0.15, 0.2) is 5.78 Å². The highest BCUT2D eigenvalue weighted by atomic mass is 32.1. The minimum absolute atomic E-state index is 0.103. The van der Waals surface area contributed by atoms with E-state index in [4.69, 9.17) is 0 Å². The zero-order chi connectivity index (χ0) is 19.1. The summed E-state index contributed by atoms with van der Waals surface area (Å²) in [7, 11) is 0. The van der Waals surface area contributed by atoms with E-state index in [-0.39, 0.29) is 17.7 Å². The summed E-state index contributed by atoms with van der Waals surface area (Å²) in [6.07, 6.45) is 1.41. The first kappa shape index (κ1) is 17.3. The molecule has 3 aromatic rings. The third-order valence-electron chi connectivity index (χ3n) is 5.63. The van der Waals surface area contributed by atoms with E-state index in [1.165, 1.54) is 15.3 Å². The second-order valence-electron chi connectivity index (χ2n) is 7.53. The Bertz CT molecular complexity index is 1070. The summed E-state index contributed by atoms with van der Waals surface area (Å²) in [6.45, 7) is 2.11. The molecule has 0 spiro atoms. The smallest absolute Gasteiger partial charge is 0.163 e. The first-order valence-electron chi connectivity index (χ1n) is 9.69. The first-order chi connectivity index (χ1) is 13.7. The van der Waals surface area contributed by atoms with Gasteiger partial charge in [0.25, 0.3) is 0 Å². The van der Waals surface area contributed by atoms with Gasteiger partial charge in [-0.15, -0.1) is 11.3 Å². The second-order valence-corrected chi connectivity index (χ2v) is 8.85. The highest BCUT2D eigenvalue weighted by molar-refractivity contribution is 7.12. The van der Waals surface area contributed by atoms with Crippen LogP contribution in [-0.4, -0.2) is 5.78 Å². The predicted octanol–water partition coefficient (Wildman–Crippen LogP) is 6.04. The van der Waals surface area contributed by atoms with Crippen molar-refractivity contribution in [1.82, 2.24) is 0 Å². The van der Waals surface area contributed by atoms with Crippen LogP contribution in [0.15, 0.2) is 78.0 Å². The van der Waals surface area contributed by atoms with Gasteiger partial charge < -0.3 is 10.6 Å². The van der Waals surface area contributed by atoms with Crippen LogP contribution in [0, 0.1) is 6.92 Å². The summed E-state index contributed by atoms with van der Waals surface area (Å²) < 4.78 is 0. The lowest BCUT2D eigenvalue weighted by Crippen LogP contribution is -2.26. The SMILES string of the molecule is Cc1ccc([C@H]2Nc3ccccc3NC3=C2C(=O)C[C@@H](c2ccccc2)C3)s1. The predicted molar refractivity (Wildman–Crippen MR) is 116 cm³/mol. The molecule has 2 aromatic carbocycles. The Labute approximate surface area is 169 Å². The van der Waals surface area contributed by atoms with Gasteiger partial charge in [-0.25, -0.2) is 0 Å². The Hall–Kier alpha value is -2.85. The van der Waals surface area contributed by atoms with Crippen molar-refractivity contribution in [3.8, 4) is 0 Å². The van der Waals surface area contributed by atoms with Crippen molar-refractivity contribution in [3.05, 3.63) is 93.3 Å². The number of nitrogens with one attached hydrogen (secondary N) is 2. The van der Waals surface area contributed by atoms with Crippen molar-refractivity contribution >= 4 is 28.5 Å². The lowest BCUT2D eigenvalue weighted by Gasteiger charge is -2.29. The quantitative estimate of drug-likeness (QED) is 0.564. The summed E-state index contributed by atoms with van der Waals surface area (Å²) in [5.74, 6) is 0.454. The zero-order valence-corrected chi connectivity index (χ0v) is 16.6. The average molecular weight is 387 g/mol. The first-order valence-corrected chi connectivity index (χ1v) is 10.5. The standard InChI is InChI=1S/C24H22N2OS/c1-15-11-12-22(28-15)24-23-20(25-18-9-5-6-10-19(18)26-24)13-17(14-21(23)27)16-7-3-2-4-8-16/h2-12,17,24-26H,13-14H2,1H3/t17-,24+/m0/s1. The summed E-state index contributed by atoms with van der Waals surface area (Å²) in [6, 6.07) is 22.8. The lowest BCUT2D eigenvalue weighted by atomic mass is 9.79. The highest BCUT2D eigenvalue weighted by Crippen LogP contribution is 2.45. The molecule has 2 atom stereocenters. The molecular formula is C24H22N2OS. The van der Waals surface area contributed by atoms with Crippen LogP contribution in [0.1, 0.15) is 40.1 Å². The number of hydrogen-bond donors (Lipinski definition) is 2. The Kier molecular flexibility index (Phi) is 4.29. The van der Waals surface area contributed by atoms with Gasteiger partial charge in [0.2, 0.25) is 0 Å². The van der Waals surface area contributed by atoms with Gasteiger partial charge in [-0.3, -0.25) is 4.79 Å². The Morgan fingerprint density at radius 1 is 0.893 bits per heavy atom. The number of allylic oxidation sites excluding steroid dienone is 1. The normalized spacial score (nSPS) is 21.2. The topological polar surface area (TPSA) is 41.1 Å². The molecule has 2 N–H and O–H groups in total. The number of hydrogen-bond acceptors (Lipinski definition) is 4. The van der Waals surface area contributed by atoms with Crippen LogP contribution in [0.4, 0.5) is 11.4 Å². The number of carbonyl (C=O) groups is 1. The molecule has 2 heterocycles. The molecule has 0 fully saturated rings. The van der Waals surface area contributed by atoms with Gasteiger partial charge in [0, 0.05) is 27.4 Å². The molecule has 0 unspecified atom stereocenters. The Morgan fingerprint density at radius 3 is 2.39 bits per heavy atom. The molecule has 1 aliphatic heterocycles. The number of Topliss-reactive ketones (excluding diaryl/α,β-unsaturated/α-hetero) is 1. The number of para-hydroxylation sites is 2. The molecule has 0 saturated heterocycles. The largest absolute Gasteiger partial charge is 0.372 e. The van der Waals surface area contributed by atoms with Crippen LogP contribution in [-0.2, 0) is 4.79 Å². The van der Waals surface area contributed by atoms with Crippen molar-refractivity contribution in [2.24, 2.45) is 0 Å². The molecule has 1 aliphatic carbocycles. The van der Waals surface area contributed by atoms with Gasteiger partial charge in [0.05, 0.1) is 17.4 Å². The van der Waals surface area contributed by atoms with Gasteiger partial charge in [-0.05, 0) is 49.1 Å². The fraction of sp³-hybridized carbons (Fsp3) is 0.208. The van der Waals surface area contributed by atoms with Gasteiger partial charge in [-0.2, -0.15) is 0 Å². The maximum Gasteiger partial charge on any atom is 0.163 e. The molecule has 4 heteroatoms. The molecule has 3 nitrogen and oxygen atoms in total. The van der Waals surface area contributed by atoms with E-state index in [1.807, 2.05) is 18.2 Å². The molecule has 28 heavy (non-hydrogen) atoms. The van der Waals surface area contributed by atoms with E-state index in [2.05, 4.69) is 66.1 Å². The minimum atomic E-state index is -0.103. The monoisotopic (exact) mass is 386 g/mol. The molecule has 140 valence electrons. The van der Waals surface area contributed by atoms with Crippen LogP contribution in [0.3, 0.4) is 0 Å². The van der Waals surface area contributed by atoms with Gasteiger partial charge in [-0.1, -0.05) is 42.5 Å². The van der Waals surface area contributed by atoms with Crippen molar-refractivity contribution in [2.45, 2.75) is 31.7 Å². The number of fused-ring (bicyclic) bond motifs is 1. The van der Waals surface area contributed by atoms with Crippen molar-refractivity contribution in [3.63, 3.8) is 0 Å². The van der Waals surface area contributed by atoms with Crippen LogP contribution in [0.25, 0.3) is 0 Å². The second kappa shape index (κ2) is 6.95. The number of benzene rings is 2. The Morgan fingerprint density at radius 2 is 1.64 bits per heavy atom. The number of anilines is 2. The van der Waals surface area contributed by atoms with Crippen LogP contribution < -0.4 is 10.6 Å². The highest BCUT2D eigenvalue weighted by Gasteiger charge is 2.36. The molecule has 2 aliphatic rings. The van der Waals surface area contributed by atoms with Gasteiger partial charge in [0.1, 0.15) is 0 Å². The molecule has 0 bridgehead atoms. The molecular weight excluding hydrogens is 364 g/mol. The van der Waals surface area contributed by atoms with E-state index in [0.29, 0.717) is 6.42 Å². The van der Waals surface area contributed by atoms with Crippen LogP contribution in [0.5, 0.6) is 0 Å². The number of aryl methyl sites for hydroxylation is 1. The van der Waals surface area contributed by atoms with Crippen molar-refractivity contribution in [2.75, 3.05) is 10.6 Å². The summed E-state index contributed by atoms with van der Waals surface area (Å²) in [5, 5.41) is 7.24. The third kappa shape index (κ3) is 3.04. The summed E-state index contributed by atoms with van der Waals surface area (Å²) in [5.41, 5.74) is 5.26. The Balaban J connectivity index is 1.61.